The van der Waals surface area contributed by atoms with Crippen molar-refractivity contribution in [2.24, 2.45) is 0 Å². The Morgan fingerprint density at radius 2 is 1.00 bits per heavy atom. The molecule has 0 aromatic rings. The van der Waals surface area contributed by atoms with E-state index >= 15 is 0 Å². The van der Waals surface area contributed by atoms with Gasteiger partial charge in [0.25, 0.3) is 0 Å². The van der Waals surface area contributed by atoms with Crippen molar-refractivity contribution in [2.45, 2.75) is 96.8 Å². The first-order chi connectivity index (χ1) is 10.6. The predicted molar refractivity (Wildman–Crippen MR) is 102 cm³/mol. The summed E-state index contributed by atoms with van der Waals surface area (Å²) < 4.78 is 1.10. The van der Waals surface area contributed by atoms with Gasteiger partial charge in [0.1, 0.15) is 0 Å². The van der Waals surface area contributed by atoms with Crippen LogP contribution >= 0.6 is 0 Å². The summed E-state index contributed by atoms with van der Waals surface area (Å²) in [6.45, 7) is 8.53. The topological polar surface area (TPSA) is 0 Å². The molecule has 0 N–H and O–H groups in total. The van der Waals surface area contributed by atoms with Crippen molar-refractivity contribution >= 4 is 0 Å². The highest BCUT2D eigenvalue weighted by Crippen LogP contribution is 2.13. The lowest BCUT2D eigenvalue weighted by molar-refractivity contribution is -0.884. The van der Waals surface area contributed by atoms with Gasteiger partial charge in [-0.15, -0.1) is 0 Å². The first kappa shape index (κ1) is 25.4. The molecule has 0 fully saturated rings. The van der Waals surface area contributed by atoms with E-state index in [0.717, 1.165) is 11.0 Å². The molecular formula is C21H44BrN. The quantitative estimate of drug-likeness (QED) is 0.202. The van der Waals surface area contributed by atoms with Gasteiger partial charge in [-0.2, -0.15) is 0 Å². The smallest absolute Gasteiger partial charge is 0.0966 e. The molecule has 0 aliphatic rings. The second-order valence-corrected chi connectivity index (χ2v) is 7.73. The highest BCUT2D eigenvalue weighted by atomic mass is 79.9. The summed E-state index contributed by atoms with van der Waals surface area (Å²) in [7, 11) is 4.62. The minimum absolute atomic E-state index is 0. The van der Waals surface area contributed by atoms with E-state index in [1.807, 2.05) is 6.08 Å². The van der Waals surface area contributed by atoms with E-state index in [4.69, 9.17) is 0 Å². The molecule has 0 aliphatic heterocycles. The molecule has 0 amide bonds. The minimum Gasteiger partial charge on any atom is -1.00 e. The van der Waals surface area contributed by atoms with E-state index in [1.165, 1.54) is 96.4 Å². The van der Waals surface area contributed by atoms with Gasteiger partial charge in [0, 0.05) is 0 Å². The van der Waals surface area contributed by atoms with Crippen LogP contribution < -0.4 is 17.0 Å². The number of unbranched alkanes of at least 4 members (excludes halogenated alkanes) is 13. The standard InChI is InChI=1S/C21H44N.BrH/c1-5-7-8-9-10-11-12-13-14-15-16-17-18-19-21-22(3,4)20-6-2;/h6H,2,5,7-21H2,1,3-4H3;1H/q+1;/p-1. The van der Waals surface area contributed by atoms with Crippen LogP contribution in [0.3, 0.4) is 0 Å². The maximum absolute atomic E-state index is 3.85. The third-order valence-corrected chi connectivity index (χ3v) is 4.74. The van der Waals surface area contributed by atoms with Crippen LogP contribution in [0.25, 0.3) is 0 Å². The molecule has 2 heteroatoms. The Labute approximate surface area is 158 Å². The third kappa shape index (κ3) is 20.1. The van der Waals surface area contributed by atoms with Crippen LogP contribution in [-0.4, -0.2) is 31.7 Å². The lowest BCUT2D eigenvalue weighted by Gasteiger charge is -2.28. The van der Waals surface area contributed by atoms with E-state index in [0.29, 0.717) is 0 Å². The van der Waals surface area contributed by atoms with Gasteiger partial charge in [-0.25, -0.2) is 0 Å². The maximum atomic E-state index is 3.85. The van der Waals surface area contributed by atoms with E-state index in [-0.39, 0.29) is 17.0 Å². The van der Waals surface area contributed by atoms with Crippen LogP contribution in [0.4, 0.5) is 0 Å². The minimum atomic E-state index is 0. The van der Waals surface area contributed by atoms with E-state index in [2.05, 4.69) is 27.6 Å². The lowest BCUT2D eigenvalue weighted by atomic mass is 10.0. The molecule has 0 radical (unpaired) electrons. The molecule has 23 heavy (non-hydrogen) atoms. The Kier molecular flexibility index (Phi) is 20.5. The molecule has 0 rings (SSSR count). The summed E-state index contributed by atoms with van der Waals surface area (Å²) in [5.41, 5.74) is 0. The highest BCUT2D eigenvalue weighted by Gasteiger charge is 2.10. The van der Waals surface area contributed by atoms with Gasteiger partial charge < -0.3 is 21.5 Å². The van der Waals surface area contributed by atoms with Gasteiger partial charge in [-0.3, -0.25) is 0 Å². The summed E-state index contributed by atoms with van der Waals surface area (Å²) in [6.07, 6.45) is 22.2. The Morgan fingerprint density at radius 1 is 0.652 bits per heavy atom. The molecule has 0 atom stereocenters. The SMILES string of the molecule is C=CC[N+](C)(C)CCCCCCCCCCCCCCCC.[Br-]. The molecule has 0 aromatic carbocycles. The van der Waals surface area contributed by atoms with Crippen LogP contribution in [0.15, 0.2) is 12.7 Å². The Morgan fingerprint density at radius 3 is 1.35 bits per heavy atom. The van der Waals surface area contributed by atoms with Crippen molar-refractivity contribution in [3.05, 3.63) is 12.7 Å². The number of halogens is 1. The van der Waals surface area contributed by atoms with E-state index in [1.54, 1.807) is 0 Å². The van der Waals surface area contributed by atoms with Crippen LogP contribution in [0.5, 0.6) is 0 Å². The van der Waals surface area contributed by atoms with Crippen molar-refractivity contribution in [2.75, 3.05) is 27.2 Å². The average Bonchev–Trinajstić information content (AvgIpc) is 2.47. The predicted octanol–water partition coefficient (Wildman–Crippen LogP) is 3.73. The van der Waals surface area contributed by atoms with Gasteiger partial charge in [0.15, 0.2) is 0 Å². The van der Waals surface area contributed by atoms with Crippen molar-refractivity contribution in [3.8, 4) is 0 Å². The van der Waals surface area contributed by atoms with Crippen molar-refractivity contribution in [3.63, 3.8) is 0 Å². The number of hydrogen-bond donors (Lipinski definition) is 0. The molecule has 1 nitrogen and oxygen atoms in total. The zero-order chi connectivity index (χ0) is 16.5. The molecule has 0 bridgehead atoms. The average molecular weight is 390 g/mol. The number of hydrogen-bond acceptors (Lipinski definition) is 0. The fourth-order valence-electron chi connectivity index (χ4n) is 3.18. The molecular weight excluding hydrogens is 346 g/mol. The Hall–Kier alpha value is 0.180. The number of nitrogens with zero attached hydrogens (tertiary/aromatic N) is 1. The first-order valence-electron chi connectivity index (χ1n) is 10.1. The van der Waals surface area contributed by atoms with Crippen molar-refractivity contribution < 1.29 is 21.5 Å². The van der Waals surface area contributed by atoms with Crippen LogP contribution in [0, 0.1) is 0 Å². The van der Waals surface area contributed by atoms with Gasteiger partial charge in [0.05, 0.1) is 27.2 Å². The van der Waals surface area contributed by atoms with E-state index in [9.17, 15) is 0 Å². The summed E-state index contributed by atoms with van der Waals surface area (Å²) >= 11 is 0. The summed E-state index contributed by atoms with van der Waals surface area (Å²) in [4.78, 5) is 0. The van der Waals surface area contributed by atoms with Gasteiger partial charge in [-0.1, -0.05) is 90.6 Å². The van der Waals surface area contributed by atoms with Gasteiger partial charge >= 0.3 is 0 Å². The molecule has 0 unspecified atom stereocenters. The van der Waals surface area contributed by atoms with Crippen LogP contribution in [-0.2, 0) is 0 Å². The van der Waals surface area contributed by atoms with Crippen molar-refractivity contribution in [1.29, 1.82) is 0 Å². The molecule has 0 saturated heterocycles. The molecule has 0 heterocycles. The van der Waals surface area contributed by atoms with E-state index < -0.39 is 0 Å². The fraction of sp³-hybridized carbons (Fsp3) is 0.905. The third-order valence-electron chi connectivity index (χ3n) is 4.74. The molecule has 0 spiro atoms. The second-order valence-electron chi connectivity index (χ2n) is 7.73. The molecule has 0 saturated carbocycles. The zero-order valence-corrected chi connectivity index (χ0v) is 18.0. The molecule has 0 aromatic heterocycles. The van der Waals surface area contributed by atoms with Crippen LogP contribution in [0.1, 0.15) is 96.8 Å². The fourth-order valence-corrected chi connectivity index (χ4v) is 3.18. The number of quaternary nitrogens is 1. The summed E-state index contributed by atoms with van der Waals surface area (Å²) in [6, 6.07) is 0. The maximum Gasteiger partial charge on any atom is 0.0966 e. The Bertz CT molecular complexity index is 238. The monoisotopic (exact) mass is 389 g/mol. The second kappa shape index (κ2) is 18.5. The highest BCUT2D eigenvalue weighted by molar-refractivity contribution is 4.64. The largest absolute Gasteiger partial charge is 1.00 e. The van der Waals surface area contributed by atoms with Gasteiger partial charge in [-0.05, 0) is 18.9 Å². The normalized spacial score (nSPS) is 11.3. The first-order valence-corrected chi connectivity index (χ1v) is 10.1. The molecule has 0 aliphatic carbocycles. The lowest BCUT2D eigenvalue weighted by Crippen LogP contribution is -3.00. The Balaban J connectivity index is 0. The number of likely N-dealkylation sites (N-methyl/N-ethyl adjacent to an activating group) is 1. The summed E-state index contributed by atoms with van der Waals surface area (Å²) in [5, 5.41) is 0. The zero-order valence-electron chi connectivity index (χ0n) is 16.4. The molecule has 140 valence electrons. The summed E-state index contributed by atoms with van der Waals surface area (Å²) in [5.74, 6) is 0. The van der Waals surface area contributed by atoms with Crippen LogP contribution in [0.2, 0.25) is 0 Å². The number of rotatable bonds is 17. The van der Waals surface area contributed by atoms with Gasteiger partial charge in [0.2, 0.25) is 0 Å². The van der Waals surface area contributed by atoms with Crippen molar-refractivity contribution in [1.82, 2.24) is 0 Å².